The van der Waals surface area contributed by atoms with Gasteiger partial charge in [-0.2, -0.15) is 0 Å². The van der Waals surface area contributed by atoms with Gasteiger partial charge in [0.15, 0.2) is 0 Å². The first-order valence-corrected chi connectivity index (χ1v) is 11.9. The van der Waals surface area contributed by atoms with E-state index < -0.39 is 0 Å². The number of hydrogen-bond donors (Lipinski definition) is 1. The molecule has 5 heteroatoms. The maximum Gasteiger partial charge on any atom is 0.127 e. The Labute approximate surface area is 179 Å². The predicted octanol–water partition coefficient (Wildman–Crippen LogP) is 7.62. The van der Waals surface area contributed by atoms with Crippen molar-refractivity contribution in [2.75, 3.05) is 11.6 Å². The molecule has 0 fully saturated rings. The van der Waals surface area contributed by atoms with Crippen LogP contribution in [0.5, 0.6) is 0 Å². The second-order valence-corrected chi connectivity index (χ2v) is 9.28. The number of fused-ring (bicyclic) bond motifs is 1. The molecule has 2 N–H and O–H groups in total. The maximum absolute atomic E-state index is 6.64. The molecule has 0 spiro atoms. The summed E-state index contributed by atoms with van der Waals surface area (Å²) < 4.78 is 0. The average molecular weight is 427 g/mol. The minimum atomic E-state index is 0.751. The highest BCUT2D eigenvalue weighted by molar-refractivity contribution is 7.19. The summed E-state index contributed by atoms with van der Waals surface area (Å²) in [4.78, 5) is 8.46. The number of thiophene rings is 2. The fraction of sp³-hybridized carbons (Fsp3) is 0.261. The number of nitrogens with two attached hydrogens (primary N) is 1. The zero-order chi connectivity index (χ0) is 19.3. The van der Waals surface area contributed by atoms with E-state index in [1.54, 1.807) is 22.7 Å². The van der Waals surface area contributed by atoms with Gasteiger partial charge in [-0.25, -0.2) is 4.98 Å². The molecule has 4 rings (SSSR count). The van der Waals surface area contributed by atoms with E-state index in [9.17, 15) is 0 Å². The molecule has 2 nitrogen and oxygen atoms in total. The number of benzene rings is 1. The molecule has 0 amide bonds. The van der Waals surface area contributed by atoms with Gasteiger partial charge < -0.3 is 5.73 Å². The molecule has 0 bridgehead atoms. The van der Waals surface area contributed by atoms with E-state index in [0.29, 0.717) is 0 Å². The predicted molar refractivity (Wildman–Crippen MR) is 126 cm³/mol. The van der Waals surface area contributed by atoms with Crippen molar-refractivity contribution in [1.29, 1.82) is 0 Å². The summed E-state index contributed by atoms with van der Waals surface area (Å²) in [5, 5.41) is 3.20. The van der Waals surface area contributed by atoms with Gasteiger partial charge in [-0.1, -0.05) is 49.2 Å². The second-order valence-electron chi connectivity index (χ2n) is 6.87. The number of hydrogen-bond acceptors (Lipinski definition) is 4. The molecule has 0 saturated heterocycles. The lowest BCUT2D eigenvalue weighted by atomic mass is 10.0. The van der Waals surface area contributed by atoms with Gasteiger partial charge in [-0.3, -0.25) is 0 Å². The largest absolute Gasteiger partial charge is 0.397 e. The highest BCUT2D eigenvalue weighted by Crippen LogP contribution is 2.42. The highest BCUT2D eigenvalue weighted by Gasteiger charge is 2.17. The van der Waals surface area contributed by atoms with Crippen LogP contribution in [0.15, 0.2) is 53.9 Å². The number of anilines is 1. The quantitative estimate of drug-likeness (QED) is 0.232. The molecular formula is C23H23ClN2S2. The number of halogens is 1. The zero-order valence-electron chi connectivity index (χ0n) is 15.7. The van der Waals surface area contributed by atoms with Crippen LogP contribution in [0.2, 0.25) is 0 Å². The third-order valence-electron chi connectivity index (χ3n) is 4.92. The van der Waals surface area contributed by atoms with Crippen LogP contribution in [0.1, 0.15) is 30.6 Å². The van der Waals surface area contributed by atoms with Crippen molar-refractivity contribution in [2.24, 2.45) is 0 Å². The number of nitrogen functional groups attached to an aromatic ring is 1. The number of nitrogens with zero attached hydrogens (tertiary/aromatic N) is 1. The van der Waals surface area contributed by atoms with E-state index in [1.165, 1.54) is 33.7 Å². The Morgan fingerprint density at radius 2 is 1.79 bits per heavy atom. The molecular weight excluding hydrogens is 404 g/mol. The lowest BCUT2D eigenvalue weighted by molar-refractivity contribution is 0.673. The monoisotopic (exact) mass is 426 g/mol. The van der Waals surface area contributed by atoms with Gasteiger partial charge in [0.1, 0.15) is 4.83 Å². The van der Waals surface area contributed by atoms with Gasteiger partial charge in [0, 0.05) is 16.1 Å². The van der Waals surface area contributed by atoms with E-state index in [2.05, 4.69) is 47.8 Å². The lowest BCUT2D eigenvalue weighted by Crippen LogP contribution is -1.92. The molecule has 1 aromatic carbocycles. The van der Waals surface area contributed by atoms with Crippen LogP contribution < -0.4 is 5.73 Å². The summed E-state index contributed by atoms with van der Waals surface area (Å²) in [7, 11) is 0. The molecule has 4 aromatic rings. The van der Waals surface area contributed by atoms with E-state index in [1.807, 2.05) is 6.07 Å². The van der Waals surface area contributed by atoms with E-state index in [4.69, 9.17) is 22.3 Å². The smallest absolute Gasteiger partial charge is 0.127 e. The summed E-state index contributed by atoms with van der Waals surface area (Å²) >= 11 is 9.25. The summed E-state index contributed by atoms with van der Waals surface area (Å²) in [6.45, 7) is 0. The number of aromatic nitrogens is 1. The van der Waals surface area contributed by atoms with Crippen LogP contribution in [0.25, 0.3) is 31.9 Å². The molecule has 0 atom stereocenters. The molecule has 3 heterocycles. The Morgan fingerprint density at radius 1 is 0.964 bits per heavy atom. The zero-order valence-corrected chi connectivity index (χ0v) is 18.0. The minimum absolute atomic E-state index is 0.751. The standard InChI is InChI=1S/C23H23ClN2S2/c24-13-7-2-1-6-11-20-22(25)21-17(16-9-4-3-5-10-16)15-18(26-23(21)28-20)19-12-8-14-27-19/h3-5,8-10,12,14-15H,1-2,6-7,11,13,25H2. The third-order valence-corrected chi connectivity index (χ3v) is 7.24. The van der Waals surface area contributed by atoms with Gasteiger partial charge in [-0.05, 0) is 47.9 Å². The molecule has 144 valence electrons. The van der Waals surface area contributed by atoms with Gasteiger partial charge in [0.2, 0.25) is 0 Å². The Hall–Kier alpha value is -1.88. The highest BCUT2D eigenvalue weighted by atomic mass is 35.5. The molecule has 28 heavy (non-hydrogen) atoms. The Balaban J connectivity index is 1.76. The SMILES string of the molecule is Nc1c(CCCCCCCl)sc2nc(-c3cccs3)cc(-c3ccccc3)c12. The van der Waals surface area contributed by atoms with Crippen molar-refractivity contribution in [3.05, 3.63) is 58.8 Å². The molecule has 0 radical (unpaired) electrons. The van der Waals surface area contributed by atoms with Crippen LogP contribution in [-0.2, 0) is 6.42 Å². The van der Waals surface area contributed by atoms with E-state index in [-0.39, 0.29) is 0 Å². The average Bonchev–Trinajstić information content (AvgIpc) is 3.37. The fourth-order valence-corrected chi connectivity index (χ4v) is 5.52. The van der Waals surface area contributed by atoms with Crippen molar-refractivity contribution in [1.82, 2.24) is 4.98 Å². The summed E-state index contributed by atoms with van der Waals surface area (Å²) in [5.74, 6) is 0.751. The third kappa shape index (κ3) is 4.09. The summed E-state index contributed by atoms with van der Waals surface area (Å²) in [6, 6.07) is 16.9. The molecule has 0 aliphatic carbocycles. The van der Waals surface area contributed by atoms with Gasteiger partial charge in [0.05, 0.1) is 16.3 Å². The molecule has 0 aliphatic rings. The number of pyridine rings is 1. The second kappa shape index (κ2) is 9.08. The van der Waals surface area contributed by atoms with Crippen molar-refractivity contribution in [2.45, 2.75) is 32.1 Å². The first-order valence-electron chi connectivity index (χ1n) is 9.65. The Morgan fingerprint density at radius 3 is 2.54 bits per heavy atom. The van der Waals surface area contributed by atoms with Crippen molar-refractivity contribution in [3.8, 4) is 21.7 Å². The molecule has 0 aliphatic heterocycles. The van der Waals surface area contributed by atoms with E-state index in [0.717, 1.165) is 46.7 Å². The van der Waals surface area contributed by atoms with Crippen molar-refractivity contribution in [3.63, 3.8) is 0 Å². The first-order chi connectivity index (χ1) is 13.8. The fourth-order valence-electron chi connectivity index (χ4n) is 3.48. The normalized spacial score (nSPS) is 11.3. The Bertz CT molecular complexity index is 1040. The number of alkyl halides is 1. The van der Waals surface area contributed by atoms with Crippen molar-refractivity contribution >= 4 is 50.2 Å². The van der Waals surface area contributed by atoms with Crippen LogP contribution in [0, 0.1) is 0 Å². The number of rotatable bonds is 8. The minimum Gasteiger partial charge on any atom is -0.397 e. The van der Waals surface area contributed by atoms with E-state index >= 15 is 0 Å². The van der Waals surface area contributed by atoms with Gasteiger partial charge >= 0.3 is 0 Å². The van der Waals surface area contributed by atoms with Gasteiger partial charge in [-0.15, -0.1) is 34.3 Å². The first kappa shape index (κ1) is 19.4. The number of aryl methyl sites for hydroxylation is 1. The van der Waals surface area contributed by atoms with Gasteiger partial charge in [0.25, 0.3) is 0 Å². The van der Waals surface area contributed by atoms with Crippen molar-refractivity contribution < 1.29 is 0 Å². The molecule has 0 saturated carbocycles. The number of unbranched alkanes of at least 4 members (excludes halogenated alkanes) is 3. The topological polar surface area (TPSA) is 38.9 Å². The Kier molecular flexibility index (Phi) is 6.30. The van der Waals surface area contributed by atoms with Crippen LogP contribution in [0.4, 0.5) is 5.69 Å². The summed E-state index contributed by atoms with van der Waals surface area (Å²) in [5.41, 5.74) is 10.9. The van der Waals surface area contributed by atoms with Crippen LogP contribution in [0.3, 0.4) is 0 Å². The lowest BCUT2D eigenvalue weighted by Gasteiger charge is -2.08. The maximum atomic E-state index is 6.64. The molecule has 3 aromatic heterocycles. The summed E-state index contributed by atoms with van der Waals surface area (Å²) in [6.07, 6.45) is 5.63. The molecule has 0 unspecified atom stereocenters. The van der Waals surface area contributed by atoms with Crippen LogP contribution in [-0.4, -0.2) is 10.9 Å². The van der Waals surface area contributed by atoms with Crippen LogP contribution >= 0.6 is 34.3 Å².